The molecular formula is C17H27ClN2O. The lowest BCUT2D eigenvalue weighted by molar-refractivity contribution is 0.0201. The molecule has 0 bridgehead atoms. The van der Waals surface area contributed by atoms with E-state index in [1.54, 1.807) is 0 Å². The van der Waals surface area contributed by atoms with E-state index in [1.807, 2.05) is 19.2 Å². The quantitative estimate of drug-likeness (QED) is 0.872. The van der Waals surface area contributed by atoms with Crippen LogP contribution >= 0.6 is 11.6 Å². The number of piperidine rings is 1. The van der Waals surface area contributed by atoms with Gasteiger partial charge in [-0.1, -0.05) is 23.7 Å². The third kappa shape index (κ3) is 4.43. The van der Waals surface area contributed by atoms with Gasteiger partial charge in [0.1, 0.15) is 0 Å². The summed E-state index contributed by atoms with van der Waals surface area (Å²) < 4.78 is 5.51. The number of rotatable bonds is 6. The Hall–Kier alpha value is -0.610. The monoisotopic (exact) mass is 310 g/mol. The second-order valence-corrected chi connectivity index (χ2v) is 6.76. The molecule has 0 amide bonds. The molecule has 1 aromatic carbocycles. The highest BCUT2D eigenvalue weighted by Crippen LogP contribution is 2.32. The lowest BCUT2D eigenvalue weighted by atomic mass is 9.79. The fraction of sp³-hybridized carbons (Fsp3) is 0.647. The zero-order valence-electron chi connectivity index (χ0n) is 13.4. The fourth-order valence-electron chi connectivity index (χ4n) is 3.27. The average molecular weight is 311 g/mol. The van der Waals surface area contributed by atoms with Crippen molar-refractivity contribution in [2.24, 2.45) is 5.41 Å². The van der Waals surface area contributed by atoms with Crippen LogP contribution in [0.1, 0.15) is 31.4 Å². The Balaban J connectivity index is 2.03. The first-order valence-corrected chi connectivity index (χ1v) is 8.09. The maximum absolute atomic E-state index is 5.98. The van der Waals surface area contributed by atoms with Gasteiger partial charge >= 0.3 is 0 Å². The van der Waals surface area contributed by atoms with Crippen molar-refractivity contribution in [3.05, 3.63) is 34.9 Å². The van der Waals surface area contributed by atoms with Crippen LogP contribution in [0.25, 0.3) is 0 Å². The summed E-state index contributed by atoms with van der Waals surface area (Å²) in [6.07, 6.45) is 2.36. The number of halogens is 1. The summed E-state index contributed by atoms with van der Waals surface area (Å²) in [7, 11) is 4.02. The van der Waals surface area contributed by atoms with Crippen LogP contribution in [0.15, 0.2) is 24.3 Å². The highest BCUT2D eigenvalue weighted by molar-refractivity contribution is 6.30. The van der Waals surface area contributed by atoms with E-state index in [9.17, 15) is 0 Å². The number of nitrogens with one attached hydrogen (secondary N) is 1. The van der Waals surface area contributed by atoms with Gasteiger partial charge in [-0.05, 0) is 57.6 Å². The molecule has 1 aromatic rings. The lowest BCUT2D eigenvalue weighted by Crippen LogP contribution is -2.46. The molecule has 1 heterocycles. The minimum absolute atomic E-state index is 0.273. The summed E-state index contributed by atoms with van der Waals surface area (Å²) in [4.78, 5) is 2.44. The molecule has 4 heteroatoms. The molecule has 0 aromatic heterocycles. The Kier molecular flexibility index (Phi) is 6.06. The molecule has 1 aliphatic rings. The highest BCUT2D eigenvalue weighted by Gasteiger charge is 2.34. The average Bonchev–Trinajstić information content (AvgIpc) is 2.48. The van der Waals surface area contributed by atoms with Gasteiger partial charge in [-0.15, -0.1) is 0 Å². The summed E-state index contributed by atoms with van der Waals surface area (Å²) in [5.74, 6) is 0. The van der Waals surface area contributed by atoms with Crippen molar-refractivity contribution < 1.29 is 4.74 Å². The number of hydrogen-bond donors (Lipinski definition) is 1. The molecule has 1 N–H and O–H groups in total. The normalized spacial score (nSPS) is 19.7. The second kappa shape index (κ2) is 7.59. The first-order valence-electron chi connectivity index (χ1n) is 7.72. The van der Waals surface area contributed by atoms with Crippen LogP contribution in [0, 0.1) is 5.41 Å². The van der Waals surface area contributed by atoms with E-state index in [4.69, 9.17) is 16.3 Å². The summed E-state index contributed by atoms with van der Waals surface area (Å²) in [6, 6.07) is 8.56. The predicted octanol–water partition coefficient (Wildman–Crippen LogP) is 3.35. The van der Waals surface area contributed by atoms with E-state index in [2.05, 4.69) is 36.3 Å². The maximum atomic E-state index is 5.98. The molecular weight excluding hydrogens is 284 g/mol. The number of nitrogens with zero attached hydrogens (tertiary/aromatic N) is 1. The molecule has 1 saturated heterocycles. The fourth-order valence-corrected chi connectivity index (χ4v) is 3.40. The summed E-state index contributed by atoms with van der Waals surface area (Å²) >= 11 is 5.98. The smallest absolute Gasteiger partial charge is 0.0531 e. The van der Waals surface area contributed by atoms with E-state index in [0.29, 0.717) is 6.04 Å². The van der Waals surface area contributed by atoms with Gasteiger partial charge in [-0.2, -0.15) is 0 Å². The largest absolute Gasteiger partial charge is 0.384 e. The Morgan fingerprint density at radius 1 is 1.29 bits per heavy atom. The standard InChI is InChI=1S/C17H27ClN2O/c1-14(15-4-6-16(18)7-5-15)20(2)12-17(13-21-3)8-10-19-11-9-17/h4-7,14,19H,8-13H2,1-3H3. The second-order valence-electron chi connectivity index (χ2n) is 6.33. The first kappa shape index (κ1) is 16.8. The van der Waals surface area contributed by atoms with Crippen molar-refractivity contribution in [2.45, 2.75) is 25.8 Å². The molecule has 1 atom stereocenters. The van der Waals surface area contributed by atoms with Crippen LogP contribution in [0.3, 0.4) is 0 Å². The van der Waals surface area contributed by atoms with Gasteiger partial charge in [0.25, 0.3) is 0 Å². The van der Waals surface area contributed by atoms with Crippen LogP contribution in [0.4, 0.5) is 0 Å². The maximum Gasteiger partial charge on any atom is 0.0531 e. The van der Waals surface area contributed by atoms with Crippen molar-refractivity contribution in [2.75, 3.05) is 40.4 Å². The molecule has 1 fully saturated rings. The minimum Gasteiger partial charge on any atom is -0.384 e. The molecule has 21 heavy (non-hydrogen) atoms. The minimum atomic E-state index is 0.273. The predicted molar refractivity (Wildman–Crippen MR) is 88.9 cm³/mol. The van der Waals surface area contributed by atoms with Gasteiger partial charge in [0.15, 0.2) is 0 Å². The molecule has 118 valence electrons. The molecule has 1 unspecified atom stereocenters. The molecule has 0 spiro atoms. The molecule has 0 radical (unpaired) electrons. The summed E-state index contributed by atoms with van der Waals surface area (Å²) in [6.45, 7) is 6.34. The Morgan fingerprint density at radius 2 is 1.90 bits per heavy atom. The molecule has 0 saturated carbocycles. The third-order valence-electron chi connectivity index (χ3n) is 4.71. The van der Waals surface area contributed by atoms with Crippen molar-refractivity contribution in [1.29, 1.82) is 0 Å². The van der Waals surface area contributed by atoms with E-state index < -0.39 is 0 Å². The molecule has 3 nitrogen and oxygen atoms in total. The topological polar surface area (TPSA) is 24.5 Å². The Bertz CT molecular complexity index is 423. The Morgan fingerprint density at radius 3 is 2.48 bits per heavy atom. The van der Waals surface area contributed by atoms with Crippen molar-refractivity contribution in [3.63, 3.8) is 0 Å². The van der Waals surface area contributed by atoms with Crippen LogP contribution in [-0.4, -0.2) is 45.3 Å². The zero-order chi connectivity index (χ0) is 15.3. The van der Waals surface area contributed by atoms with Crippen LogP contribution < -0.4 is 5.32 Å². The van der Waals surface area contributed by atoms with Crippen LogP contribution in [0.5, 0.6) is 0 Å². The molecule has 2 rings (SSSR count). The Labute approximate surface area is 133 Å². The molecule has 1 aliphatic heterocycles. The van der Waals surface area contributed by atoms with Crippen molar-refractivity contribution in [3.8, 4) is 0 Å². The highest BCUT2D eigenvalue weighted by atomic mass is 35.5. The first-order chi connectivity index (χ1) is 10.1. The summed E-state index contributed by atoms with van der Waals surface area (Å²) in [5, 5.41) is 4.24. The number of ether oxygens (including phenoxy) is 1. The van der Waals surface area contributed by atoms with Gasteiger partial charge in [-0.25, -0.2) is 0 Å². The van der Waals surface area contributed by atoms with E-state index in [1.165, 1.54) is 18.4 Å². The van der Waals surface area contributed by atoms with E-state index in [0.717, 1.165) is 31.3 Å². The SMILES string of the molecule is COCC1(CN(C)C(C)c2ccc(Cl)cc2)CCNCC1. The van der Waals surface area contributed by atoms with Gasteiger partial charge in [0.05, 0.1) is 6.61 Å². The van der Waals surface area contributed by atoms with E-state index in [-0.39, 0.29) is 5.41 Å². The van der Waals surface area contributed by atoms with Crippen LogP contribution in [0.2, 0.25) is 5.02 Å². The summed E-state index contributed by atoms with van der Waals surface area (Å²) in [5.41, 5.74) is 1.58. The number of benzene rings is 1. The lowest BCUT2D eigenvalue weighted by Gasteiger charge is -2.41. The number of methoxy groups -OCH3 is 1. The van der Waals surface area contributed by atoms with E-state index >= 15 is 0 Å². The zero-order valence-corrected chi connectivity index (χ0v) is 14.1. The van der Waals surface area contributed by atoms with Crippen LogP contribution in [-0.2, 0) is 4.74 Å². The van der Waals surface area contributed by atoms with Crippen molar-refractivity contribution in [1.82, 2.24) is 10.2 Å². The molecule has 0 aliphatic carbocycles. The van der Waals surface area contributed by atoms with Gasteiger partial charge in [0, 0.05) is 30.1 Å². The van der Waals surface area contributed by atoms with Crippen molar-refractivity contribution >= 4 is 11.6 Å². The van der Waals surface area contributed by atoms with Gasteiger partial charge in [0.2, 0.25) is 0 Å². The van der Waals surface area contributed by atoms with Gasteiger partial charge in [-0.3, -0.25) is 4.90 Å². The van der Waals surface area contributed by atoms with Gasteiger partial charge < -0.3 is 10.1 Å². The number of hydrogen-bond acceptors (Lipinski definition) is 3. The third-order valence-corrected chi connectivity index (χ3v) is 4.97.